The van der Waals surface area contributed by atoms with Crippen molar-refractivity contribution in [3.8, 4) is 0 Å². The van der Waals surface area contributed by atoms with Crippen LogP contribution in [0.3, 0.4) is 0 Å². The standard InChI is InChI=1S/C5H5N.C4H10.2C2H6/c1-2-4-6-5-3-1;1-4(2)3;2*1-2/h1-5H;4H,1-3H3;2*1-2H3. The Labute approximate surface area is 90.6 Å². The fraction of sp³-hybridized carbons (Fsp3) is 0.615. The molecule has 0 atom stereocenters. The summed E-state index contributed by atoms with van der Waals surface area (Å²) in [6.45, 7) is 14.5. The van der Waals surface area contributed by atoms with Crippen molar-refractivity contribution in [2.75, 3.05) is 0 Å². The van der Waals surface area contributed by atoms with E-state index in [9.17, 15) is 0 Å². The molecule has 14 heavy (non-hydrogen) atoms. The van der Waals surface area contributed by atoms with Crippen molar-refractivity contribution in [3.05, 3.63) is 30.6 Å². The molecule has 0 spiro atoms. The molecule has 0 saturated heterocycles. The van der Waals surface area contributed by atoms with Crippen molar-refractivity contribution in [2.24, 2.45) is 5.92 Å². The third kappa shape index (κ3) is 43.3. The predicted molar refractivity (Wildman–Crippen MR) is 67.4 cm³/mol. The Morgan fingerprint density at radius 2 is 1.00 bits per heavy atom. The van der Waals surface area contributed by atoms with E-state index in [2.05, 4.69) is 25.8 Å². The van der Waals surface area contributed by atoms with Crippen LogP contribution in [0.1, 0.15) is 48.5 Å². The Hall–Kier alpha value is -0.850. The second kappa shape index (κ2) is 22.7. The molecule has 0 aliphatic carbocycles. The maximum Gasteiger partial charge on any atom is 0.0267 e. The first-order chi connectivity index (χ1) is 6.73. The highest BCUT2D eigenvalue weighted by Gasteiger charge is 1.68. The summed E-state index contributed by atoms with van der Waals surface area (Å²) in [6.07, 6.45) is 3.50. The van der Waals surface area contributed by atoms with Crippen molar-refractivity contribution in [1.82, 2.24) is 4.98 Å². The first-order valence-electron chi connectivity index (χ1n) is 5.58. The van der Waals surface area contributed by atoms with E-state index in [0.29, 0.717) is 0 Å². The molecule has 0 amide bonds. The van der Waals surface area contributed by atoms with E-state index in [0.717, 1.165) is 5.92 Å². The van der Waals surface area contributed by atoms with Gasteiger partial charge in [-0.05, 0) is 18.1 Å². The maximum atomic E-state index is 3.78. The van der Waals surface area contributed by atoms with Crippen LogP contribution in [0.2, 0.25) is 0 Å². The highest BCUT2D eigenvalue weighted by Crippen LogP contribution is 1.81. The van der Waals surface area contributed by atoms with Crippen LogP contribution in [-0.2, 0) is 0 Å². The molecule has 84 valence electrons. The molecule has 1 aromatic rings. The molecule has 1 heterocycles. The zero-order valence-electron chi connectivity index (χ0n) is 10.9. The molecule has 0 radical (unpaired) electrons. The number of pyridine rings is 1. The van der Waals surface area contributed by atoms with Gasteiger partial charge in [0.2, 0.25) is 0 Å². The Bertz CT molecular complexity index is 106. The molecular weight excluding hydrogens is 170 g/mol. The zero-order chi connectivity index (χ0) is 11.8. The number of rotatable bonds is 0. The fourth-order valence-electron chi connectivity index (χ4n) is 0.313. The first kappa shape index (κ1) is 18.8. The van der Waals surface area contributed by atoms with E-state index in [1.165, 1.54) is 0 Å². The van der Waals surface area contributed by atoms with E-state index < -0.39 is 0 Å². The molecule has 1 nitrogen and oxygen atoms in total. The molecule has 0 aliphatic heterocycles. The van der Waals surface area contributed by atoms with Gasteiger partial charge in [-0.1, -0.05) is 54.5 Å². The second-order valence-electron chi connectivity index (χ2n) is 2.76. The highest BCUT2D eigenvalue weighted by atomic mass is 14.6. The van der Waals surface area contributed by atoms with Gasteiger partial charge in [0, 0.05) is 12.4 Å². The van der Waals surface area contributed by atoms with Gasteiger partial charge in [-0.15, -0.1) is 0 Å². The van der Waals surface area contributed by atoms with E-state index in [-0.39, 0.29) is 0 Å². The maximum absolute atomic E-state index is 3.78. The Morgan fingerprint density at radius 1 is 0.714 bits per heavy atom. The summed E-state index contributed by atoms with van der Waals surface area (Å²) in [5.41, 5.74) is 0. The van der Waals surface area contributed by atoms with Gasteiger partial charge in [0.25, 0.3) is 0 Å². The molecule has 0 aliphatic rings. The lowest BCUT2D eigenvalue weighted by atomic mass is 10.3. The number of hydrogen-bond acceptors (Lipinski definition) is 1. The monoisotopic (exact) mass is 197 g/mol. The first-order valence-corrected chi connectivity index (χ1v) is 5.58. The van der Waals surface area contributed by atoms with Crippen molar-refractivity contribution in [3.63, 3.8) is 0 Å². The summed E-state index contributed by atoms with van der Waals surface area (Å²) in [5, 5.41) is 0. The predicted octanol–water partition coefficient (Wildman–Crippen LogP) is 4.80. The Balaban J connectivity index is -0.000000134. The molecule has 0 unspecified atom stereocenters. The molecule has 1 aromatic heterocycles. The Morgan fingerprint density at radius 3 is 1.07 bits per heavy atom. The second-order valence-corrected chi connectivity index (χ2v) is 2.76. The van der Waals surface area contributed by atoms with Crippen LogP contribution in [0.15, 0.2) is 30.6 Å². The van der Waals surface area contributed by atoms with Crippen LogP contribution < -0.4 is 0 Å². The lowest BCUT2D eigenvalue weighted by molar-refractivity contribution is 0.737. The van der Waals surface area contributed by atoms with Crippen LogP contribution in [0.4, 0.5) is 0 Å². The zero-order valence-corrected chi connectivity index (χ0v) is 10.9. The minimum Gasteiger partial charge on any atom is -0.265 e. The molecule has 0 N–H and O–H groups in total. The summed E-state index contributed by atoms with van der Waals surface area (Å²) >= 11 is 0. The molecule has 0 bridgehead atoms. The number of hydrogen-bond donors (Lipinski definition) is 0. The number of nitrogens with zero attached hydrogens (tertiary/aromatic N) is 1. The minimum atomic E-state index is 0.833. The summed E-state index contributed by atoms with van der Waals surface area (Å²) in [4.78, 5) is 3.78. The van der Waals surface area contributed by atoms with Gasteiger partial charge < -0.3 is 0 Å². The Kier molecular flexibility index (Phi) is 30.6. The third-order valence-corrected chi connectivity index (χ3v) is 0.566. The lowest BCUT2D eigenvalue weighted by Gasteiger charge is -1.79. The summed E-state index contributed by atoms with van der Waals surface area (Å²) in [7, 11) is 0. The molecule has 0 aromatic carbocycles. The van der Waals surface area contributed by atoms with Gasteiger partial charge in [0.1, 0.15) is 0 Å². The SMILES string of the molecule is CC.CC.CC(C)C.c1ccncc1. The van der Waals surface area contributed by atoms with Gasteiger partial charge in [-0.2, -0.15) is 0 Å². The lowest BCUT2D eigenvalue weighted by Crippen LogP contribution is -1.66. The average molecular weight is 197 g/mol. The van der Waals surface area contributed by atoms with Gasteiger partial charge in [-0.3, -0.25) is 4.98 Å². The normalized spacial score (nSPS) is 6.86. The highest BCUT2D eigenvalue weighted by molar-refractivity contribution is 4.88. The minimum absolute atomic E-state index is 0.833. The van der Waals surface area contributed by atoms with Crippen molar-refractivity contribution in [2.45, 2.75) is 48.5 Å². The molecular formula is C13H27N. The van der Waals surface area contributed by atoms with E-state index >= 15 is 0 Å². The fourth-order valence-corrected chi connectivity index (χ4v) is 0.313. The van der Waals surface area contributed by atoms with Gasteiger partial charge in [0.05, 0.1) is 0 Å². The van der Waals surface area contributed by atoms with Gasteiger partial charge in [-0.25, -0.2) is 0 Å². The smallest absolute Gasteiger partial charge is 0.0267 e. The third-order valence-electron chi connectivity index (χ3n) is 0.566. The van der Waals surface area contributed by atoms with Crippen LogP contribution in [0.5, 0.6) is 0 Å². The van der Waals surface area contributed by atoms with Crippen molar-refractivity contribution < 1.29 is 0 Å². The van der Waals surface area contributed by atoms with Crippen molar-refractivity contribution >= 4 is 0 Å². The summed E-state index contributed by atoms with van der Waals surface area (Å²) in [5.74, 6) is 0.833. The van der Waals surface area contributed by atoms with Crippen LogP contribution in [-0.4, -0.2) is 4.98 Å². The largest absolute Gasteiger partial charge is 0.265 e. The van der Waals surface area contributed by atoms with Crippen LogP contribution in [0, 0.1) is 5.92 Å². The number of aromatic nitrogens is 1. The molecule has 1 rings (SSSR count). The topological polar surface area (TPSA) is 12.9 Å². The van der Waals surface area contributed by atoms with Gasteiger partial charge in [0.15, 0.2) is 0 Å². The molecule has 0 saturated carbocycles. The summed E-state index contributed by atoms with van der Waals surface area (Å²) in [6, 6.07) is 5.72. The van der Waals surface area contributed by atoms with E-state index in [1.807, 2.05) is 45.9 Å². The van der Waals surface area contributed by atoms with E-state index in [4.69, 9.17) is 0 Å². The molecule has 1 heteroatoms. The average Bonchev–Trinajstić information content (AvgIpc) is 2.25. The van der Waals surface area contributed by atoms with Crippen LogP contribution >= 0.6 is 0 Å². The van der Waals surface area contributed by atoms with Crippen molar-refractivity contribution in [1.29, 1.82) is 0 Å². The quantitative estimate of drug-likeness (QED) is 0.582. The summed E-state index contributed by atoms with van der Waals surface area (Å²) < 4.78 is 0. The molecule has 0 fully saturated rings. The van der Waals surface area contributed by atoms with Gasteiger partial charge >= 0.3 is 0 Å². The van der Waals surface area contributed by atoms with Crippen LogP contribution in [0.25, 0.3) is 0 Å². The van der Waals surface area contributed by atoms with E-state index in [1.54, 1.807) is 12.4 Å².